The lowest BCUT2D eigenvalue weighted by molar-refractivity contribution is -0.373. The van der Waals surface area contributed by atoms with Crippen LogP contribution < -0.4 is 0 Å². The summed E-state index contributed by atoms with van der Waals surface area (Å²) in [6.45, 7) is 9.01. The number of piperidine rings is 1. The molecule has 0 radical (unpaired) electrons. The fourth-order valence-corrected chi connectivity index (χ4v) is 1.81. The van der Waals surface area contributed by atoms with E-state index in [1.807, 2.05) is 0 Å². The third kappa shape index (κ3) is 3.84. The Kier molecular flexibility index (Phi) is 4.26. The van der Waals surface area contributed by atoms with Gasteiger partial charge in [0.15, 0.2) is 12.8 Å². The molecule has 0 unspecified atom stereocenters. The molecule has 5 heteroatoms. The molecule has 1 amide bonds. The van der Waals surface area contributed by atoms with Gasteiger partial charge in [-0.1, -0.05) is 0 Å². The number of nitrogens with zero attached hydrogens (tertiary/aromatic N) is 1. The molecule has 0 saturated carbocycles. The number of ether oxygens (including phenoxy) is 1. The third-order valence-corrected chi connectivity index (χ3v) is 2.55. The van der Waals surface area contributed by atoms with E-state index < -0.39 is 23.7 Å². The SMILES string of the molecule is C=[O+]C(=O)[C@@H]1CCCCN1C(=O)OC(C)(C)C. The van der Waals surface area contributed by atoms with Crippen LogP contribution in [0.4, 0.5) is 4.79 Å². The number of amides is 1. The van der Waals surface area contributed by atoms with E-state index in [2.05, 4.69) is 11.2 Å². The predicted octanol–water partition coefficient (Wildman–Crippen LogP) is 1.67. The minimum Gasteiger partial charge on any atom is -0.444 e. The summed E-state index contributed by atoms with van der Waals surface area (Å²) >= 11 is 0. The van der Waals surface area contributed by atoms with E-state index in [9.17, 15) is 9.59 Å². The van der Waals surface area contributed by atoms with E-state index in [0.717, 1.165) is 12.8 Å². The Morgan fingerprint density at radius 1 is 1.35 bits per heavy atom. The van der Waals surface area contributed by atoms with Gasteiger partial charge in [-0.15, -0.1) is 0 Å². The molecule has 1 fully saturated rings. The second-order valence-corrected chi connectivity index (χ2v) is 5.15. The van der Waals surface area contributed by atoms with E-state index in [-0.39, 0.29) is 0 Å². The summed E-state index contributed by atoms with van der Waals surface area (Å²) in [5.41, 5.74) is -0.562. The Balaban J connectivity index is 2.74. The van der Waals surface area contributed by atoms with Crippen molar-refractivity contribution in [2.45, 2.75) is 51.7 Å². The van der Waals surface area contributed by atoms with Crippen LogP contribution in [0.3, 0.4) is 0 Å². The van der Waals surface area contributed by atoms with Crippen LogP contribution in [0.25, 0.3) is 0 Å². The molecular weight excluding hydrogens is 222 g/mol. The number of carbonyl (C=O) groups excluding carboxylic acids is 3. The molecule has 1 rings (SSSR count). The van der Waals surface area contributed by atoms with Crippen LogP contribution in [0.15, 0.2) is 0 Å². The zero-order valence-electron chi connectivity index (χ0n) is 10.7. The summed E-state index contributed by atoms with van der Waals surface area (Å²) in [4.78, 5) is 24.9. The van der Waals surface area contributed by atoms with Gasteiger partial charge in [0.25, 0.3) is 0 Å². The molecule has 1 saturated heterocycles. The van der Waals surface area contributed by atoms with Gasteiger partial charge in [0.2, 0.25) is 0 Å². The summed E-state index contributed by atoms with van der Waals surface area (Å²) in [5, 5.41) is 0. The minimum atomic E-state index is -0.562. The topological polar surface area (TPSA) is 57.9 Å². The first-order chi connectivity index (χ1) is 7.85. The number of hydrogen-bond donors (Lipinski definition) is 0. The molecule has 5 nitrogen and oxygen atoms in total. The van der Waals surface area contributed by atoms with Gasteiger partial charge in [-0.05, 0) is 40.0 Å². The molecule has 0 aromatic carbocycles. The average Bonchev–Trinajstić information content (AvgIpc) is 2.25. The maximum atomic E-state index is 11.9. The van der Waals surface area contributed by atoms with Crippen molar-refractivity contribution in [2.75, 3.05) is 6.54 Å². The van der Waals surface area contributed by atoms with Crippen molar-refractivity contribution in [3.8, 4) is 0 Å². The predicted molar refractivity (Wildman–Crippen MR) is 62.7 cm³/mol. The molecule has 0 aliphatic carbocycles. The van der Waals surface area contributed by atoms with Crippen LogP contribution in [0.2, 0.25) is 0 Å². The smallest absolute Gasteiger partial charge is 0.444 e. The highest BCUT2D eigenvalue weighted by Crippen LogP contribution is 2.20. The lowest BCUT2D eigenvalue weighted by Crippen LogP contribution is -2.49. The Hall–Kier alpha value is -1.39. The van der Waals surface area contributed by atoms with Crippen LogP contribution >= 0.6 is 0 Å². The zero-order chi connectivity index (χ0) is 13.1. The van der Waals surface area contributed by atoms with Gasteiger partial charge in [0.05, 0.1) is 4.79 Å². The molecule has 0 spiro atoms. The molecule has 1 aliphatic heterocycles. The van der Waals surface area contributed by atoms with Crippen molar-refractivity contribution < 1.29 is 18.8 Å². The van der Waals surface area contributed by atoms with Crippen molar-refractivity contribution >= 4 is 18.9 Å². The standard InChI is InChI=1S/C12H20NO4/c1-12(2,3)17-11(15)13-8-6-5-7-9(13)10(14)16-4/h9H,4-8H2,1-3H3/q+1/t9-/m0/s1. The van der Waals surface area contributed by atoms with Crippen LogP contribution in [0, 0.1) is 0 Å². The van der Waals surface area contributed by atoms with Crippen LogP contribution in [0.5, 0.6) is 0 Å². The highest BCUT2D eigenvalue weighted by molar-refractivity contribution is 5.80. The summed E-state index contributed by atoms with van der Waals surface area (Å²) < 4.78 is 9.72. The normalized spacial score (nSPS) is 20.9. The highest BCUT2D eigenvalue weighted by atomic mass is 16.6. The van der Waals surface area contributed by atoms with Gasteiger partial charge >= 0.3 is 12.1 Å². The molecule has 1 atom stereocenters. The van der Waals surface area contributed by atoms with E-state index in [0.29, 0.717) is 13.0 Å². The Labute approximate surface area is 101 Å². The lowest BCUT2D eigenvalue weighted by atomic mass is 10.0. The third-order valence-electron chi connectivity index (χ3n) is 2.55. The number of carbonyl (C=O) groups is 2. The van der Waals surface area contributed by atoms with Crippen molar-refractivity contribution in [2.24, 2.45) is 0 Å². The van der Waals surface area contributed by atoms with Gasteiger partial charge in [-0.3, -0.25) is 9.32 Å². The molecule has 0 bridgehead atoms. The molecule has 0 aromatic heterocycles. The van der Waals surface area contributed by atoms with Gasteiger partial charge in [-0.2, -0.15) is 0 Å². The molecule has 1 aliphatic rings. The molecule has 0 aromatic rings. The first-order valence-corrected chi connectivity index (χ1v) is 5.80. The van der Waals surface area contributed by atoms with Crippen LogP contribution in [-0.4, -0.2) is 41.9 Å². The van der Waals surface area contributed by atoms with E-state index in [1.165, 1.54) is 4.90 Å². The molecular formula is C12H20NO4+. The molecule has 0 N–H and O–H groups in total. The average molecular weight is 242 g/mol. The summed E-state index contributed by atoms with van der Waals surface area (Å²) in [6, 6.07) is -0.559. The van der Waals surface area contributed by atoms with E-state index in [4.69, 9.17) is 4.74 Å². The zero-order valence-corrected chi connectivity index (χ0v) is 10.7. The van der Waals surface area contributed by atoms with Crippen molar-refractivity contribution in [1.29, 1.82) is 0 Å². The molecule has 96 valence electrons. The summed E-state index contributed by atoms with van der Waals surface area (Å²) in [6.07, 6.45) is 1.92. The lowest BCUT2D eigenvalue weighted by Gasteiger charge is -2.32. The second kappa shape index (κ2) is 5.29. The fourth-order valence-electron chi connectivity index (χ4n) is 1.81. The van der Waals surface area contributed by atoms with Gasteiger partial charge < -0.3 is 4.74 Å². The summed E-state index contributed by atoms with van der Waals surface area (Å²) in [7, 11) is 0. The van der Waals surface area contributed by atoms with E-state index in [1.54, 1.807) is 20.8 Å². The monoisotopic (exact) mass is 242 g/mol. The van der Waals surface area contributed by atoms with Crippen LogP contribution in [-0.2, 0) is 14.0 Å². The largest absolute Gasteiger partial charge is 0.602 e. The maximum absolute atomic E-state index is 11.9. The fraction of sp³-hybridized carbons (Fsp3) is 0.750. The Morgan fingerprint density at radius 3 is 2.53 bits per heavy atom. The Morgan fingerprint density at radius 2 is 2.00 bits per heavy atom. The quantitative estimate of drug-likeness (QED) is 0.657. The first kappa shape index (κ1) is 13.7. The van der Waals surface area contributed by atoms with E-state index >= 15 is 0 Å². The van der Waals surface area contributed by atoms with Gasteiger partial charge in [-0.25, -0.2) is 4.79 Å². The van der Waals surface area contributed by atoms with Crippen molar-refractivity contribution in [1.82, 2.24) is 4.90 Å². The minimum absolute atomic E-state index is 0.465. The molecule has 1 heterocycles. The van der Waals surface area contributed by atoms with Gasteiger partial charge in [0, 0.05) is 6.54 Å². The number of likely N-dealkylation sites (tertiary alicyclic amines) is 1. The number of hydrogen-bond acceptors (Lipinski definition) is 3. The Bertz CT molecular complexity index is 319. The summed E-state index contributed by atoms with van der Waals surface area (Å²) in [5.74, 6) is -0.476. The van der Waals surface area contributed by atoms with Crippen LogP contribution in [0.1, 0.15) is 40.0 Å². The molecule has 17 heavy (non-hydrogen) atoms. The highest BCUT2D eigenvalue weighted by Gasteiger charge is 2.41. The second-order valence-electron chi connectivity index (χ2n) is 5.15. The van der Waals surface area contributed by atoms with Crippen molar-refractivity contribution in [3.63, 3.8) is 0 Å². The first-order valence-electron chi connectivity index (χ1n) is 5.80. The maximum Gasteiger partial charge on any atom is 0.602 e. The van der Waals surface area contributed by atoms with Crippen molar-refractivity contribution in [3.05, 3.63) is 0 Å². The van der Waals surface area contributed by atoms with Gasteiger partial charge in [0.1, 0.15) is 5.60 Å². The number of rotatable bonds is 1.